The minimum atomic E-state index is -0.792. The zero-order valence-corrected chi connectivity index (χ0v) is 10.8. The van der Waals surface area contributed by atoms with E-state index in [1.54, 1.807) is 6.92 Å². The van der Waals surface area contributed by atoms with Gasteiger partial charge in [-0.25, -0.2) is 4.79 Å². The van der Waals surface area contributed by atoms with Gasteiger partial charge in [0, 0.05) is 5.57 Å². The molecule has 3 atom stereocenters. The van der Waals surface area contributed by atoms with Crippen molar-refractivity contribution in [1.82, 2.24) is 0 Å². The number of carboxylic acids is 1. The van der Waals surface area contributed by atoms with Crippen molar-refractivity contribution in [3.63, 3.8) is 0 Å². The van der Waals surface area contributed by atoms with Crippen molar-refractivity contribution in [2.75, 3.05) is 0 Å². The molecule has 2 heteroatoms. The van der Waals surface area contributed by atoms with E-state index in [-0.39, 0.29) is 0 Å². The maximum atomic E-state index is 10.9. The number of rotatable bonds is 2. The summed E-state index contributed by atoms with van der Waals surface area (Å²) in [6, 6.07) is 0. The van der Waals surface area contributed by atoms with Crippen LogP contribution in [0.5, 0.6) is 0 Å². The quantitative estimate of drug-likeness (QED) is 0.583. The van der Waals surface area contributed by atoms with Crippen LogP contribution in [0.25, 0.3) is 0 Å². The van der Waals surface area contributed by atoms with E-state index in [1.165, 1.54) is 24.8 Å². The Balaban J connectivity index is 2.24. The molecule has 0 aromatic rings. The first-order chi connectivity index (χ1) is 7.94. The minimum absolute atomic E-state index is 0.370. The Hall–Kier alpha value is -1.05. The number of hydrogen-bond acceptors (Lipinski definition) is 1. The second-order valence-corrected chi connectivity index (χ2v) is 6.00. The molecular formula is C15H22O2. The monoisotopic (exact) mass is 234 g/mol. The van der Waals surface area contributed by atoms with Crippen molar-refractivity contribution in [1.29, 1.82) is 0 Å². The van der Waals surface area contributed by atoms with E-state index in [9.17, 15) is 4.79 Å². The van der Waals surface area contributed by atoms with Gasteiger partial charge in [0.1, 0.15) is 0 Å². The molecule has 2 aliphatic rings. The predicted octanol–water partition coefficient (Wildman–Crippen LogP) is 3.79. The van der Waals surface area contributed by atoms with Crippen molar-refractivity contribution in [2.45, 2.75) is 46.0 Å². The van der Waals surface area contributed by atoms with Crippen LogP contribution in [0, 0.1) is 17.3 Å². The molecule has 0 unspecified atom stereocenters. The van der Waals surface area contributed by atoms with Crippen LogP contribution in [0.3, 0.4) is 0 Å². The summed E-state index contributed by atoms with van der Waals surface area (Å²) < 4.78 is 0. The van der Waals surface area contributed by atoms with Crippen molar-refractivity contribution in [3.8, 4) is 0 Å². The van der Waals surface area contributed by atoms with Crippen molar-refractivity contribution in [3.05, 3.63) is 23.8 Å². The summed E-state index contributed by atoms with van der Waals surface area (Å²) in [5.74, 6) is 0.106. The highest BCUT2D eigenvalue weighted by Gasteiger charge is 2.46. The van der Waals surface area contributed by atoms with Gasteiger partial charge in [-0.3, -0.25) is 0 Å². The summed E-state index contributed by atoms with van der Waals surface area (Å²) in [4.78, 5) is 10.9. The molecule has 0 saturated heterocycles. The topological polar surface area (TPSA) is 37.3 Å². The Bertz CT molecular complexity index is 380. The molecule has 2 rings (SSSR count). The van der Waals surface area contributed by atoms with Gasteiger partial charge >= 0.3 is 5.97 Å². The Morgan fingerprint density at radius 1 is 1.53 bits per heavy atom. The summed E-state index contributed by atoms with van der Waals surface area (Å²) in [7, 11) is 0. The van der Waals surface area contributed by atoms with Gasteiger partial charge in [0.25, 0.3) is 0 Å². The van der Waals surface area contributed by atoms with Crippen molar-refractivity contribution >= 4 is 5.97 Å². The molecule has 0 amide bonds. The number of fused-ring (bicyclic) bond motifs is 1. The molecule has 0 aliphatic heterocycles. The van der Waals surface area contributed by atoms with Gasteiger partial charge in [0.05, 0.1) is 0 Å². The van der Waals surface area contributed by atoms with Gasteiger partial charge in [-0.15, -0.1) is 0 Å². The molecule has 0 aromatic carbocycles. The van der Waals surface area contributed by atoms with Crippen LogP contribution in [0.1, 0.15) is 46.0 Å². The number of aliphatic carboxylic acids is 1. The van der Waals surface area contributed by atoms with Gasteiger partial charge in [-0.1, -0.05) is 25.2 Å². The molecule has 94 valence electrons. The standard InChI is InChI=1S/C15H22O2/c1-10-5-4-7-15(3)8-6-12(13(10)15)9-11(2)14(16)17/h9,12-13H,1,4-8H2,2-3H3,(H,16,17)/b11-9+/t12-,13-,15-/m0/s1. The van der Waals surface area contributed by atoms with Crippen LogP contribution in [-0.2, 0) is 4.79 Å². The maximum absolute atomic E-state index is 10.9. The van der Waals surface area contributed by atoms with Gasteiger partial charge in [-0.2, -0.15) is 0 Å². The van der Waals surface area contributed by atoms with Crippen LogP contribution in [-0.4, -0.2) is 11.1 Å². The van der Waals surface area contributed by atoms with Crippen LogP contribution >= 0.6 is 0 Å². The smallest absolute Gasteiger partial charge is 0.330 e. The highest BCUT2D eigenvalue weighted by atomic mass is 16.4. The lowest BCUT2D eigenvalue weighted by molar-refractivity contribution is -0.132. The first-order valence-electron chi connectivity index (χ1n) is 6.53. The zero-order chi connectivity index (χ0) is 12.6. The molecule has 0 radical (unpaired) electrons. The highest BCUT2D eigenvalue weighted by Crippen LogP contribution is 2.56. The summed E-state index contributed by atoms with van der Waals surface area (Å²) in [5, 5.41) is 8.98. The van der Waals surface area contributed by atoms with E-state index in [0.29, 0.717) is 22.8 Å². The molecule has 0 aromatic heterocycles. The summed E-state index contributed by atoms with van der Waals surface area (Å²) in [6.45, 7) is 8.28. The third-order valence-corrected chi connectivity index (χ3v) is 4.71. The average Bonchev–Trinajstić information content (AvgIpc) is 2.57. The fourth-order valence-electron chi connectivity index (χ4n) is 3.86. The second kappa shape index (κ2) is 4.32. The third-order valence-electron chi connectivity index (χ3n) is 4.71. The number of carbonyl (C=O) groups is 1. The third kappa shape index (κ3) is 2.18. The molecule has 1 N–H and O–H groups in total. The molecule has 2 saturated carbocycles. The van der Waals surface area contributed by atoms with Crippen LogP contribution in [0.4, 0.5) is 0 Å². The molecule has 2 fully saturated rings. The lowest BCUT2D eigenvalue weighted by atomic mass is 9.65. The van der Waals surface area contributed by atoms with E-state index in [2.05, 4.69) is 13.5 Å². The summed E-state index contributed by atoms with van der Waals surface area (Å²) in [6.07, 6.45) is 7.94. The number of hydrogen-bond donors (Lipinski definition) is 1. The lowest BCUT2D eigenvalue weighted by Crippen LogP contribution is -2.30. The van der Waals surface area contributed by atoms with Gasteiger partial charge in [0.2, 0.25) is 0 Å². The van der Waals surface area contributed by atoms with E-state index >= 15 is 0 Å². The van der Waals surface area contributed by atoms with E-state index in [0.717, 1.165) is 12.8 Å². The van der Waals surface area contributed by atoms with Gasteiger partial charge < -0.3 is 5.11 Å². The number of allylic oxidation sites excluding steroid dienone is 2. The van der Waals surface area contributed by atoms with E-state index in [4.69, 9.17) is 5.11 Å². The predicted molar refractivity (Wildman–Crippen MR) is 68.7 cm³/mol. The molecular weight excluding hydrogens is 212 g/mol. The van der Waals surface area contributed by atoms with Crippen LogP contribution < -0.4 is 0 Å². The Morgan fingerprint density at radius 2 is 2.24 bits per heavy atom. The molecule has 2 aliphatic carbocycles. The second-order valence-electron chi connectivity index (χ2n) is 6.00. The van der Waals surface area contributed by atoms with E-state index < -0.39 is 5.97 Å². The van der Waals surface area contributed by atoms with Crippen LogP contribution in [0.2, 0.25) is 0 Å². The van der Waals surface area contributed by atoms with E-state index in [1.807, 2.05) is 6.08 Å². The van der Waals surface area contributed by atoms with Crippen molar-refractivity contribution < 1.29 is 9.90 Å². The first-order valence-corrected chi connectivity index (χ1v) is 6.53. The number of carboxylic acid groups (broad SMARTS) is 1. The summed E-state index contributed by atoms with van der Waals surface area (Å²) >= 11 is 0. The van der Waals surface area contributed by atoms with Gasteiger partial charge in [-0.05, 0) is 56.3 Å². The SMILES string of the molecule is C=C1CCC[C@@]2(C)CC[C@@H](/C=C(\C)C(=O)O)[C@H]12. The fourth-order valence-corrected chi connectivity index (χ4v) is 3.86. The maximum Gasteiger partial charge on any atom is 0.330 e. The Kier molecular flexibility index (Phi) is 3.15. The molecule has 2 nitrogen and oxygen atoms in total. The zero-order valence-electron chi connectivity index (χ0n) is 10.8. The molecule has 0 spiro atoms. The van der Waals surface area contributed by atoms with Crippen LogP contribution in [0.15, 0.2) is 23.8 Å². The largest absolute Gasteiger partial charge is 0.478 e. The Labute approximate surface area is 103 Å². The first kappa shape index (κ1) is 12.4. The normalized spacial score (nSPS) is 38.0. The molecule has 0 heterocycles. The van der Waals surface area contributed by atoms with Crippen molar-refractivity contribution in [2.24, 2.45) is 17.3 Å². The molecule has 0 bridgehead atoms. The van der Waals surface area contributed by atoms with Gasteiger partial charge in [0.15, 0.2) is 0 Å². The summed E-state index contributed by atoms with van der Waals surface area (Å²) in [5.41, 5.74) is 2.20. The molecule has 17 heavy (non-hydrogen) atoms. The Morgan fingerprint density at radius 3 is 2.88 bits per heavy atom. The minimum Gasteiger partial charge on any atom is -0.478 e. The highest BCUT2D eigenvalue weighted by molar-refractivity contribution is 5.85. The average molecular weight is 234 g/mol. The lowest BCUT2D eigenvalue weighted by Gasteiger charge is -2.39. The fraction of sp³-hybridized carbons (Fsp3) is 0.667.